The third-order valence-corrected chi connectivity index (χ3v) is 2.32. The fourth-order valence-electron chi connectivity index (χ4n) is 1.60. The Morgan fingerprint density at radius 1 is 1.33 bits per heavy atom. The minimum absolute atomic E-state index is 0.225. The van der Waals surface area contributed by atoms with Gasteiger partial charge in [0.25, 0.3) is 0 Å². The van der Waals surface area contributed by atoms with Crippen molar-refractivity contribution in [1.29, 1.82) is 0 Å². The van der Waals surface area contributed by atoms with Gasteiger partial charge in [-0.1, -0.05) is 24.3 Å². The first-order valence-corrected chi connectivity index (χ1v) is 4.62. The van der Waals surface area contributed by atoms with E-state index < -0.39 is 5.66 Å². The Balaban J connectivity index is 2.50. The lowest BCUT2D eigenvalue weighted by Crippen LogP contribution is -2.45. The molecule has 1 heterocycles. The number of hydrogen-bond donors (Lipinski definition) is 3. The smallest absolute Gasteiger partial charge is 0.212 e. The monoisotopic (exact) mass is 203 g/mol. The number of guanidine groups is 1. The SMILES string of the molecule is Cc1ccccc1C1(N)C=NNC(N)=N1. The topological polar surface area (TPSA) is 88.8 Å². The quantitative estimate of drug-likeness (QED) is 0.600. The van der Waals surface area contributed by atoms with Gasteiger partial charge in [-0.05, 0) is 12.5 Å². The number of nitrogens with two attached hydrogens (primary N) is 2. The normalized spacial score (nSPS) is 24.5. The summed E-state index contributed by atoms with van der Waals surface area (Å²) in [7, 11) is 0. The van der Waals surface area contributed by atoms with Crippen molar-refractivity contribution in [2.75, 3.05) is 0 Å². The summed E-state index contributed by atoms with van der Waals surface area (Å²) < 4.78 is 0. The molecule has 1 atom stereocenters. The predicted molar refractivity (Wildman–Crippen MR) is 60.3 cm³/mol. The molecule has 5 N–H and O–H groups in total. The summed E-state index contributed by atoms with van der Waals surface area (Å²) in [5, 5.41) is 3.87. The largest absolute Gasteiger partial charge is 0.368 e. The van der Waals surface area contributed by atoms with Crippen molar-refractivity contribution < 1.29 is 0 Å². The summed E-state index contributed by atoms with van der Waals surface area (Å²) in [5.41, 5.74) is 15.2. The maximum atomic E-state index is 6.11. The molecular formula is C10H13N5. The highest BCUT2D eigenvalue weighted by Crippen LogP contribution is 2.22. The van der Waals surface area contributed by atoms with Crippen molar-refractivity contribution in [2.24, 2.45) is 21.6 Å². The minimum atomic E-state index is -0.958. The number of aryl methyl sites for hydroxylation is 1. The second-order valence-corrected chi connectivity index (χ2v) is 3.51. The zero-order chi connectivity index (χ0) is 10.9. The first-order valence-electron chi connectivity index (χ1n) is 4.62. The molecule has 1 aliphatic rings. The third-order valence-electron chi connectivity index (χ3n) is 2.32. The van der Waals surface area contributed by atoms with E-state index in [-0.39, 0.29) is 5.96 Å². The lowest BCUT2D eigenvalue weighted by molar-refractivity contribution is 0.624. The van der Waals surface area contributed by atoms with E-state index in [1.807, 2.05) is 31.2 Å². The summed E-state index contributed by atoms with van der Waals surface area (Å²) in [5.74, 6) is 0.225. The average Bonchev–Trinajstić information content (AvgIpc) is 2.17. The molecule has 0 saturated heterocycles. The Labute approximate surface area is 87.9 Å². The summed E-state index contributed by atoms with van der Waals surface area (Å²) in [4.78, 5) is 4.16. The number of aliphatic imine (C=N–C) groups is 1. The molecular weight excluding hydrogens is 190 g/mol. The fraction of sp³-hybridized carbons (Fsp3) is 0.200. The van der Waals surface area contributed by atoms with Crippen molar-refractivity contribution in [3.8, 4) is 0 Å². The first-order chi connectivity index (χ1) is 7.12. The molecule has 78 valence electrons. The van der Waals surface area contributed by atoms with Crippen LogP contribution < -0.4 is 16.9 Å². The van der Waals surface area contributed by atoms with Crippen LogP contribution in [0.5, 0.6) is 0 Å². The van der Waals surface area contributed by atoms with Crippen LogP contribution in [0.4, 0.5) is 0 Å². The van der Waals surface area contributed by atoms with Gasteiger partial charge in [-0.25, -0.2) is 10.4 Å². The molecule has 0 aliphatic carbocycles. The van der Waals surface area contributed by atoms with E-state index in [9.17, 15) is 0 Å². The lowest BCUT2D eigenvalue weighted by Gasteiger charge is -2.25. The molecule has 2 rings (SSSR count). The highest BCUT2D eigenvalue weighted by Gasteiger charge is 2.28. The summed E-state index contributed by atoms with van der Waals surface area (Å²) in [6, 6.07) is 7.76. The first kappa shape index (κ1) is 9.67. The molecule has 1 aromatic rings. The number of nitrogens with zero attached hydrogens (tertiary/aromatic N) is 2. The summed E-state index contributed by atoms with van der Waals surface area (Å²) in [6.07, 6.45) is 1.55. The molecule has 15 heavy (non-hydrogen) atoms. The molecule has 0 saturated carbocycles. The molecule has 1 aromatic carbocycles. The molecule has 5 heteroatoms. The second-order valence-electron chi connectivity index (χ2n) is 3.51. The Kier molecular flexibility index (Phi) is 2.17. The Hall–Kier alpha value is -1.88. The molecule has 5 nitrogen and oxygen atoms in total. The highest BCUT2D eigenvalue weighted by atomic mass is 15.4. The van der Waals surface area contributed by atoms with Crippen molar-refractivity contribution in [2.45, 2.75) is 12.6 Å². The van der Waals surface area contributed by atoms with Crippen LogP contribution in [-0.2, 0) is 5.66 Å². The van der Waals surface area contributed by atoms with Gasteiger partial charge in [-0.2, -0.15) is 5.10 Å². The van der Waals surface area contributed by atoms with Crippen LogP contribution in [0, 0.1) is 6.92 Å². The molecule has 0 spiro atoms. The van der Waals surface area contributed by atoms with E-state index in [2.05, 4.69) is 15.5 Å². The second kappa shape index (κ2) is 3.36. The Morgan fingerprint density at radius 2 is 2.07 bits per heavy atom. The van der Waals surface area contributed by atoms with Crippen LogP contribution >= 0.6 is 0 Å². The number of benzene rings is 1. The summed E-state index contributed by atoms with van der Waals surface area (Å²) in [6.45, 7) is 1.98. The third kappa shape index (κ3) is 1.69. The van der Waals surface area contributed by atoms with Crippen LogP contribution in [0.25, 0.3) is 0 Å². The number of nitrogens with one attached hydrogen (secondary N) is 1. The van der Waals surface area contributed by atoms with Crippen LogP contribution in [0.2, 0.25) is 0 Å². The summed E-state index contributed by atoms with van der Waals surface area (Å²) >= 11 is 0. The van der Waals surface area contributed by atoms with Crippen molar-refractivity contribution in [3.63, 3.8) is 0 Å². The van der Waals surface area contributed by atoms with Gasteiger partial charge in [0.1, 0.15) is 0 Å². The van der Waals surface area contributed by atoms with Crippen LogP contribution in [0.3, 0.4) is 0 Å². The van der Waals surface area contributed by atoms with Gasteiger partial charge in [0, 0.05) is 5.56 Å². The Bertz CT molecular complexity index is 437. The molecule has 0 bridgehead atoms. The standard InChI is InChI=1S/C10H13N5/c1-7-4-2-3-5-8(7)10(12)6-13-15-9(11)14-10/h2-6H,12H2,1H3,(H3,11,14,15). The van der Waals surface area contributed by atoms with Crippen LogP contribution in [-0.4, -0.2) is 12.2 Å². The van der Waals surface area contributed by atoms with Gasteiger partial charge in [0.2, 0.25) is 5.96 Å². The molecule has 0 amide bonds. The van der Waals surface area contributed by atoms with Gasteiger partial charge >= 0.3 is 0 Å². The molecule has 0 radical (unpaired) electrons. The number of hydrogen-bond acceptors (Lipinski definition) is 5. The van der Waals surface area contributed by atoms with E-state index in [0.29, 0.717) is 0 Å². The van der Waals surface area contributed by atoms with E-state index in [0.717, 1.165) is 11.1 Å². The van der Waals surface area contributed by atoms with Crippen molar-refractivity contribution >= 4 is 12.2 Å². The zero-order valence-electron chi connectivity index (χ0n) is 8.44. The van der Waals surface area contributed by atoms with Crippen LogP contribution in [0.15, 0.2) is 34.4 Å². The fourth-order valence-corrected chi connectivity index (χ4v) is 1.60. The van der Waals surface area contributed by atoms with E-state index >= 15 is 0 Å². The van der Waals surface area contributed by atoms with Gasteiger partial charge < -0.3 is 5.73 Å². The maximum Gasteiger partial charge on any atom is 0.212 e. The van der Waals surface area contributed by atoms with Gasteiger partial charge in [-0.15, -0.1) is 0 Å². The Morgan fingerprint density at radius 3 is 2.73 bits per heavy atom. The number of rotatable bonds is 1. The highest BCUT2D eigenvalue weighted by molar-refractivity contribution is 5.86. The molecule has 1 unspecified atom stereocenters. The van der Waals surface area contributed by atoms with E-state index in [1.165, 1.54) is 0 Å². The van der Waals surface area contributed by atoms with Crippen molar-refractivity contribution in [1.82, 2.24) is 5.43 Å². The molecule has 0 aromatic heterocycles. The average molecular weight is 203 g/mol. The molecule has 1 aliphatic heterocycles. The zero-order valence-corrected chi connectivity index (χ0v) is 8.44. The minimum Gasteiger partial charge on any atom is -0.368 e. The lowest BCUT2D eigenvalue weighted by atomic mass is 9.97. The van der Waals surface area contributed by atoms with E-state index in [1.54, 1.807) is 6.21 Å². The van der Waals surface area contributed by atoms with E-state index in [4.69, 9.17) is 11.5 Å². The van der Waals surface area contributed by atoms with Crippen LogP contribution in [0.1, 0.15) is 11.1 Å². The van der Waals surface area contributed by atoms with Gasteiger partial charge in [-0.3, -0.25) is 5.73 Å². The van der Waals surface area contributed by atoms with Crippen molar-refractivity contribution in [3.05, 3.63) is 35.4 Å². The van der Waals surface area contributed by atoms with Gasteiger partial charge in [0.15, 0.2) is 5.66 Å². The maximum absolute atomic E-state index is 6.11. The predicted octanol–water partition coefficient (Wildman–Crippen LogP) is 0.0102. The molecule has 0 fully saturated rings. The number of hydrazone groups is 1. The van der Waals surface area contributed by atoms with Gasteiger partial charge in [0.05, 0.1) is 6.21 Å².